The molecular weight excluding hydrogens is 214 g/mol. The fraction of sp³-hybridized carbons (Fsp3) is 0.571. The summed E-state index contributed by atoms with van der Waals surface area (Å²) < 4.78 is 0. The minimum Gasteiger partial charge on any atom is -0.310 e. The quantitative estimate of drug-likeness (QED) is 0.569. The lowest BCUT2D eigenvalue weighted by atomic mass is 10.2. The van der Waals surface area contributed by atoms with Crippen molar-refractivity contribution in [3.63, 3.8) is 0 Å². The zero-order chi connectivity index (χ0) is 11.2. The molecule has 1 aromatic rings. The second-order valence-electron chi connectivity index (χ2n) is 4.50. The predicted octanol–water partition coefficient (Wildman–Crippen LogP) is 3.83. The third-order valence-corrected chi connectivity index (χ3v) is 3.96. The first-order chi connectivity index (χ1) is 7.88. The summed E-state index contributed by atoms with van der Waals surface area (Å²) >= 11 is 1.97. The van der Waals surface area contributed by atoms with Crippen molar-refractivity contribution >= 4 is 11.8 Å². The SMILES string of the molecule is CCCCSc1ccc(CNC2CC2)cc1. The maximum Gasteiger partial charge on any atom is 0.0208 e. The highest BCUT2D eigenvalue weighted by atomic mass is 32.2. The second-order valence-corrected chi connectivity index (χ2v) is 5.67. The van der Waals surface area contributed by atoms with Crippen LogP contribution in [0.25, 0.3) is 0 Å². The van der Waals surface area contributed by atoms with Crippen molar-refractivity contribution < 1.29 is 0 Å². The Labute approximate surface area is 103 Å². The monoisotopic (exact) mass is 235 g/mol. The van der Waals surface area contributed by atoms with Gasteiger partial charge in [-0.25, -0.2) is 0 Å². The molecule has 0 bridgehead atoms. The highest BCUT2D eigenvalue weighted by Crippen LogP contribution is 2.21. The van der Waals surface area contributed by atoms with Gasteiger partial charge in [0.2, 0.25) is 0 Å². The van der Waals surface area contributed by atoms with Gasteiger partial charge in [0.05, 0.1) is 0 Å². The highest BCUT2D eigenvalue weighted by Gasteiger charge is 2.19. The Kier molecular flexibility index (Phi) is 4.73. The van der Waals surface area contributed by atoms with Crippen molar-refractivity contribution in [2.45, 2.75) is 50.1 Å². The first-order valence-corrected chi connectivity index (χ1v) is 7.32. The molecule has 1 saturated carbocycles. The van der Waals surface area contributed by atoms with Crippen molar-refractivity contribution in [2.75, 3.05) is 5.75 Å². The molecule has 0 aromatic heterocycles. The topological polar surface area (TPSA) is 12.0 Å². The summed E-state index contributed by atoms with van der Waals surface area (Å²) in [6.45, 7) is 3.28. The molecule has 0 heterocycles. The molecule has 0 aliphatic heterocycles. The van der Waals surface area contributed by atoms with E-state index < -0.39 is 0 Å². The van der Waals surface area contributed by atoms with Gasteiger partial charge >= 0.3 is 0 Å². The lowest BCUT2D eigenvalue weighted by molar-refractivity contribution is 0.687. The maximum atomic E-state index is 3.54. The Morgan fingerprint density at radius 3 is 2.62 bits per heavy atom. The lowest BCUT2D eigenvalue weighted by Gasteiger charge is -2.05. The maximum absolute atomic E-state index is 3.54. The number of unbranched alkanes of at least 4 members (excludes halogenated alkanes) is 1. The molecule has 1 N–H and O–H groups in total. The van der Waals surface area contributed by atoms with Crippen molar-refractivity contribution in [1.29, 1.82) is 0 Å². The smallest absolute Gasteiger partial charge is 0.0208 e. The van der Waals surface area contributed by atoms with E-state index >= 15 is 0 Å². The van der Waals surface area contributed by atoms with Gasteiger partial charge in [-0.1, -0.05) is 25.5 Å². The molecule has 88 valence electrons. The molecule has 1 fully saturated rings. The Morgan fingerprint density at radius 2 is 2.00 bits per heavy atom. The van der Waals surface area contributed by atoms with Crippen molar-refractivity contribution in [1.82, 2.24) is 5.32 Å². The molecule has 0 unspecified atom stereocenters. The summed E-state index contributed by atoms with van der Waals surface area (Å²) in [5, 5.41) is 3.54. The van der Waals surface area contributed by atoms with E-state index in [0.29, 0.717) is 0 Å². The van der Waals surface area contributed by atoms with Crippen LogP contribution < -0.4 is 5.32 Å². The van der Waals surface area contributed by atoms with E-state index in [0.717, 1.165) is 12.6 Å². The molecule has 1 nitrogen and oxygen atoms in total. The summed E-state index contributed by atoms with van der Waals surface area (Å²) in [5.74, 6) is 1.25. The Hall–Kier alpha value is -0.470. The second kappa shape index (κ2) is 6.31. The molecule has 1 aliphatic rings. The fourth-order valence-corrected chi connectivity index (χ4v) is 2.58. The van der Waals surface area contributed by atoms with Crippen LogP contribution in [-0.2, 0) is 6.54 Å². The Bertz CT molecular complexity index is 303. The van der Waals surface area contributed by atoms with Crippen molar-refractivity contribution in [3.05, 3.63) is 29.8 Å². The molecule has 2 heteroatoms. The summed E-state index contributed by atoms with van der Waals surface area (Å²) in [6, 6.07) is 9.82. The van der Waals surface area contributed by atoms with Gasteiger partial charge in [-0.15, -0.1) is 11.8 Å². The van der Waals surface area contributed by atoms with Crippen LogP contribution in [0.1, 0.15) is 38.2 Å². The van der Waals surface area contributed by atoms with Crippen LogP contribution in [0.15, 0.2) is 29.2 Å². The minimum absolute atomic E-state index is 0.804. The summed E-state index contributed by atoms with van der Waals surface area (Å²) in [6.07, 6.45) is 5.34. The fourth-order valence-electron chi connectivity index (χ4n) is 1.59. The van der Waals surface area contributed by atoms with Crippen LogP contribution in [0.2, 0.25) is 0 Å². The van der Waals surface area contributed by atoms with E-state index in [1.807, 2.05) is 11.8 Å². The van der Waals surface area contributed by atoms with E-state index in [1.54, 1.807) is 0 Å². The first kappa shape index (κ1) is 12.0. The molecule has 0 spiro atoms. The number of rotatable bonds is 7. The van der Waals surface area contributed by atoms with E-state index in [-0.39, 0.29) is 0 Å². The largest absolute Gasteiger partial charge is 0.310 e. The van der Waals surface area contributed by atoms with Gasteiger partial charge in [0, 0.05) is 17.5 Å². The predicted molar refractivity (Wildman–Crippen MR) is 71.9 cm³/mol. The van der Waals surface area contributed by atoms with Crippen LogP contribution in [0, 0.1) is 0 Å². The minimum atomic E-state index is 0.804. The normalized spacial score (nSPS) is 15.3. The molecular formula is C14H21NS. The zero-order valence-electron chi connectivity index (χ0n) is 10.0. The summed E-state index contributed by atoms with van der Waals surface area (Å²) in [7, 11) is 0. The van der Waals surface area contributed by atoms with Gasteiger partial charge in [0.25, 0.3) is 0 Å². The van der Waals surface area contributed by atoms with E-state index in [2.05, 4.69) is 36.5 Å². The highest BCUT2D eigenvalue weighted by molar-refractivity contribution is 7.99. The Morgan fingerprint density at radius 1 is 1.25 bits per heavy atom. The van der Waals surface area contributed by atoms with Crippen molar-refractivity contribution in [2.24, 2.45) is 0 Å². The van der Waals surface area contributed by atoms with Gasteiger partial charge < -0.3 is 5.32 Å². The molecule has 0 radical (unpaired) electrons. The zero-order valence-corrected chi connectivity index (χ0v) is 10.9. The summed E-state index contributed by atoms with van der Waals surface area (Å²) in [5.41, 5.74) is 1.41. The average molecular weight is 235 g/mol. The van der Waals surface area contributed by atoms with Crippen LogP contribution in [-0.4, -0.2) is 11.8 Å². The van der Waals surface area contributed by atoms with Crippen LogP contribution >= 0.6 is 11.8 Å². The molecule has 0 atom stereocenters. The van der Waals surface area contributed by atoms with E-state index in [9.17, 15) is 0 Å². The molecule has 1 aliphatic carbocycles. The lowest BCUT2D eigenvalue weighted by Crippen LogP contribution is -2.14. The van der Waals surface area contributed by atoms with Gasteiger partial charge in [-0.3, -0.25) is 0 Å². The van der Waals surface area contributed by atoms with Crippen molar-refractivity contribution in [3.8, 4) is 0 Å². The van der Waals surface area contributed by atoms with Gasteiger partial charge in [-0.05, 0) is 42.7 Å². The standard InChI is InChI=1S/C14H21NS/c1-2-3-10-16-14-8-4-12(5-9-14)11-15-13-6-7-13/h4-5,8-9,13,15H,2-3,6-7,10-11H2,1H3. The van der Waals surface area contributed by atoms with Gasteiger partial charge in [0.15, 0.2) is 0 Å². The first-order valence-electron chi connectivity index (χ1n) is 6.33. The molecule has 0 saturated heterocycles. The van der Waals surface area contributed by atoms with Crippen LogP contribution in [0.5, 0.6) is 0 Å². The van der Waals surface area contributed by atoms with Crippen LogP contribution in [0.4, 0.5) is 0 Å². The summed E-state index contributed by atoms with van der Waals surface area (Å²) in [4.78, 5) is 1.41. The van der Waals surface area contributed by atoms with Crippen LogP contribution in [0.3, 0.4) is 0 Å². The molecule has 1 aromatic carbocycles. The Balaban J connectivity index is 1.74. The average Bonchev–Trinajstić information content (AvgIpc) is 3.12. The number of hydrogen-bond donors (Lipinski definition) is 1. The molecule has 2 rings (SSSR count). The molecule has 0 amide bonds. The third-order valence-electron chi connectivity index (χ3n) is 2.86. The van der Waals surface area contributed by atoms with Gasteiger partial charge in [-0.2, -0.15) is 0 Å². The number of benzene rings is 1. The number of nitrogens with one attached hydrogen (secondary N) is 1. The number of hydrogen-bond acceptors (Lipinski definition) is 2. The van der Waals surface area contributed by atoms with E-state index in [1.165, 1.54) is 41.9 Å². The number of thioether (sulfide) groups is 1. The molecule has 16 heavy (non-hydrogen) atoms. The van der Waals surface area contributed by atoms with E-state index in [4.69, 9.17) is 0 Å². The third kappa shape index (κ3) is 4.18. The van der Waals surface area contributed by atoms with Gasteiger partial charge in [0.1, 0.15) is 0 Å².